The summed E-state index contributed by atoms with van der Waals surface area (Å²) in [5.41, 5.74) is -0.222. The maximum Gasteiger partial charge on any atom is 0.498 e. The van der Waals surface area contributed by atoms with Gasteiger partial charge in [-0.25, -0.2) is 9.97 Å². The largest absolute Gasteiger partial charge is 0.498 e. The fourth-order valence-electron chi connectivity index (χ4n) is 2.27. The number of rotatable bonds is 5. The van der Waals surface area contributed by atoms with E-state index >= 15 is 0 Å². The van der Waals surface area contributed by atoms with Gasteiger partial charge in [0, 0.05) is 17.9 Å². The van der Waals surface area contributed by atoms with Gasteiger partial charge in [-0.1, -0.05) is 0 Å². The molecule has 2 aromatic rings. The van der Waals surface area contributed by atoms with Crippen molar-refractivity contribution in [1.29, 1.82) is 0 Å². The molecule has 3 rings (SSSR count). The molecular formula is C17H19BF2N2O4. The maximum atomic E-state index is 12.1. The number of benzene rings is 1. The Bertz CT molecular complexity index is 738. The second-order valence-electron chi connectivity index (χ2n) is 6.84. The molecule has 0 spiro atoms. The van der Waals surface area contributed by atoms with Gasteiger partial charge in [0.15, 0.2) is 0 Å². The molecule has 1 aliphatic heterocycles. The number of halogens is 2. The quantitative estimate of drug-likeness (QED) is 0.760. The van der Waals surface area contributed by atoms with E-state index in [0.717, 1.165) is 0 Å². The van der Waals surface area contributed by atoms with Crippen LogP contribution in [-0.2, 0) is 9.31 Å². The molecule has 2 heterocycles. The summed E-state index contributed by atoms with van der Waals surface area (Å²) in [6.45, 7) is 4.99. The van der Waals surface area contributed by atoms with Crippen molar-refractivity contribution < 1.29 is 27.6 Å². The molecule has 1 aliphatic rings. The highest BCUT2D eigenvalue weighted by atomic mass is 19.3. The van der Waals surface area contributed by atoms with Gasteiger partial charge in [-0.05, 0) is 52.0 Å². The summed E-state index contributed by atoms with van der Waals surface area (Å²) < 4.78 is 45.9. The first-order valence-electron chi connectivity index (χ1n) is 8.07. The van der Waals surface area contributed by atoms with E-state index in [1.165, 1.54) is 24.3 Å². The van der Waals surface area contributed by atoms with Crippen LogP contribution in [0.5, 0.6) is 17.5 Å². The number of aromatic nitrogens is 2. The topological polar surface area (TPSA) is 62.7 Å². The second-order valence-corrected chi connectivity index (χ2v) is 6.84. The van der Waals surface area contributed by atoms with Crippen LogP contribution in [0.4, 0.5) is 8.78 Å². The fourth-order valence-corrected chi connectivity index (χ4v) is 2.27. The van der Waals surface area contributed by atoms with Crippen molar-refractivity contribution in [3.05, 3.63) is 36.7 Å². The van der Waals surface area contributed by atoms with Crippen molar-refractivity contribution in [2.24, 2.45) is 0 Å². The van der Waals surface area contributed by atoms with E-state index in [-0.39, 0.29) is 11.8 Å². The molecule has 26 heavy (non-hydrogen) atoms. The van der Waals surface area contributed by atoms with Crippen molar-refractivity contribution in [2.45, 2.75) is 45.5 Å². The first-order chi connectivity index (χ1) is 12.2. The van der Waals surface area contributed by atoms with Gasteiger partial charge in [-0.2, -0.15) is 8.78 Å². The van der Waals surface area contributed by atoms with Crippen LogP contribution >= 0.6 is 0 Å². The minimum Gasteiger partial charge on any atom is -0.435 e. The normalized spacial score (nSPS) is 18.2. The van der Waals surface area contributed by atoms with Crippen LogP contribution in [-0.4, -0.2) is 34.9 Å². The zero-order chi connectivity index (χ0) is 18.9. The van der Waals surface area contributed by atoms with Gasteiger partial charge in [-0.15, -0.1) is 0 Å². The minimum absolute atomic E-state index is 0.0457. The monoisotopic (exact) mass is 364 g/mol. The van der Waals surface area contributed by atoms with Crippen LogP contribution < -0.4 is 14.9 Å². The Hall–Kier alpha value is -2.26. The van der Waals surface area contributed by atoms with Crippen LogP contribution in [0.1, 0.15) is 27.7 Å². The summed E-state index contributed by atoms with van der Waals surface area (Å²) in [6.07, 6.45) is 3.14. The molecule has 0 unspecified atom stereocenters. The average Bonchev–Trinajstić information content (AvgIpc) is 2.77. The standard InChI is InChI=1S/C17H19BF2N2O4/c1-16(2)17(3,4)26-18(25-16)11-9-21-15(22-10-11)24-13-7-5-12(6-8-13)23-14(19)20/h5-10,14H,1-4H3. The lowest BCUT2D eigenvalue weighted by Crippen LogP contribution is -2.41. The number of alkyl halides is 2. The molecule has 0 saturated carbocycles. The number of hydrogen-bond acceptors (Lipinski definition) is 6. The smallest absolute Gasteiger partial charge is 0.435 e. The molecule has 138 valence electrons. The van der Waals surface area contributed by atoms with Crippen molar-refractivity contribution in [3.63, 3.8) is 0 Å². The van der Waals surface area contributed by atoms with Crippen LogP contribution in [0.2, 0.25) is 0 Å². The molecule has 0 radical (unpaired) electrons. The summed E-state index contributed by atoms with van der Waals surface area (Å²) in [6, 6.07) is 5.85. The number of ether oxygens (including phenoxy) is 2. The zero-order valence-electron chi connectivity index (χ0n) is 14.9. The Balaban J connectivity index is 1.65. The average molecular weight is 364 g/mol. The van der Waals surface area contributed by atoms with Gasteiger partial charge in [0.2, 0.25) is 0 Å². The second kappa shape index (κ2) is 6.81. The summed E-state index contributed by atoms with van der Waals surface area (Å²) in [5, 5.41) is 0. The predicted octanol–water partition coefficient (Wildman–Crippen LogP) is 3.17. The van der Waals surface area contributed by atoms with Crippen molar-refractivity contribution in [3.8, 4) is 17.5 Å². The van der Waals surface area contributed by atoms with E-state index in [4.69, 9.17) is 14.0 Å². The SMILES string of the molecule is CC1(C)OB(c2cnc(Oc3ccc(OC(F)F)cc3)nc2)OC1(C)C. The molecule has 1 saturated heterocycles. The molecular weight excluding hydrogens is 345 g/mol. The third-order valence-corrected chi connectivity index (χ3v) is 4.43. The summed E-state index contributed by atoms with van der Waals surface area (Å²) >= 11 is 0. The molecule has 0 atom stereocenters. The van der Waals surface area contributed by atoms with Crippen LogP contribution in [0, 0.1) is 0 Å². The van der Waals surface area contributed by atoms with Crippen LogP contribution in [0.25, 0.3) is 0 Å². The Morgan fingerprint density at radius 1 is 0.923 bits per heavy atom. The van der Waals surface area contributed by atoms with Crippen molar-refractivity contribution in [1.82, 2.24) is 9.97 Å². The maximum absolute atomic E-state index is 12.1. The third kappa shape index (κ3) is 3.94. The highest BCUT2D eigenvalue weighted by Crippen LogP contribution is 2.36. The Morgan fingerprint density at radius 2 is 1.42 bits per heavy atom. The number of hydrogen-bond donors (Lipinski definition) is 0. The Labute approximate surface area is 150 Å². The van der Waals surface area contributed by atoms with Gasteiger partial charge in [0.05, 0.1) is 11.2 Å². The van der Waals surface area contributed by atoms with E-state index in [1.807, 2.05) is 27.7 Å². The van der Waals surface area contributed by atoms with Crippen molar-refractivity contribution in [2.75, 3.05) is 0 Å². The van der Waals surface area contributed by atoms with Crippen LogP contribution in [0.15, 0.2) is 36.7 Å². The highest BCUT2D eigenvalue weighted by Gasteiger charge is 2.51. The predicted molar refractivity (Wildman–Crippen MR) is 90.9 cm³/mol. The first kappa shape index (κ1) is 18.5. The Kier molecular flexibility index (Phi) is 4.85. The molecule has 1 aromatic carbocycles. The number of nitrogens with zero attached hydrogens (tertiary/aromatic N) is 2. The highest BCUT2D eigenvalue weighted by molar-refractivity contribution is 6.61. The summed E-state index contributed by atoms with van der Waals surface area (Å²) in [4.78, 5) is 8.28. The van der Waals surface area contributed by atoms with Crippen molar-refractivity contribution >= 4 is 12.6 Å². The molecule has 0 N–H and O–H groups in total. The van der Waals surface area contributed by atoms with E-state index < -0.39 is 24.9 Å². The lowest BCUT2D eigenvalue weighted by Gasteiger charge is -2.32. The molecule has 0 aliphatic carbocycles. The molecule has 0 bridgehead atoms. The summed E-state index contributed by atoms with van der Waals surface area (Å²) in [7, 11) is -0.556. The molecule has 0 amide bonds. The zero-order valence-corrected chi connectivity index (χ0v) is 14.9. The molecule has 6 nitrogen and oxygen atoms in total. The van der Waals surface area contributed by atoms with E-state index in [9.17, 15) is 8.78 Å². The summed E-state index contributed by atoms with van der Waals surface area (Å²) in [5.74, 6) is 0.444. The van der Waals surface area contributed by atoms with Gasteiger partial charge in [0.1, 0.15) is 11.5 Å². The molecule has 1 fully saturated rings. The molecule has 9 heteroatoms. The van der Waals surface area contributed by atoms with E-state index in [1.54, 1.807) is 12.4 Å². The van der Waals surface area contributed by atoms with Gasteiger partial charge in [0.25, 0.3) is 0 Å². The van der Waals surface area contributed by atoms with Gasteiger partial charge in [-0.3, -0.25) is 0 Å². The lowest BCUT2D eigenvalue weighted by atomic mass is 9.81. The fraction of sp³-hybridized carbons (Fsp3) is 0.412. The van der Waals surface area contributed by atoms with E-state index in [0.29, 0.717) is 11.2 Å². The van der Waals surface area contributed by atoms with Crippen LogP contribution in [0.3, 0.4) is 0 Å². The lowest BCUT2D eigenvalue weighted by molar-refractivity contribution is -0.0498. The van der Waals surface area contributed by atoms with Gasteiger partial charge >= 0.3 is 19.7 Å². The molecule has 1 aromatic heterocycles. The van der Waals surface area contributed by atoms with Gasteiger partial charge < -0.3 is 18.8 Å². The minimum atomic E-state index is -2.87. The third-order valence-electron chi connectivity index (χ3n) is 4.43. The first-order valence-corrected chi connectivity index (χ1v) is 8.07. The Morgan fingerprint density at radius 3 is 1.92 bits per heavy atom. The van der Waals surface area contributed by atoms with E-state index in [2.05, 4.69) is 14.7 Å².